The minimum atomic E-state index is 0.467. The Morgan fingerprint density at radius 3 is 2.93 bits per heavy atom. The van der Waals surface area contributed by atoms with E-state index in [4.69, 9.17) is 10.5 Å². The maximum Gasteiger partial charge on any atom is 0.123 e. The predicted octanol–water partition coefficient (Wildman–Crippen LogP) is 2.30. The van der Waals surface area contributed by atoms with Crippen LogP contribution in [0.25, 0.3) is 0 Å². The molecule has 2 rings (SSSR count). The molecule has 15 heavy (non-hydrogen) atoms. The number of hydrogen-bond acceptors (Lipinski definition) is 4. The summed E-state index contributed by atoms with van der Waals surface area (Å²) in [6.07, 6.45) is 3.14. The van der Waals surface area contributed by atoms with Gasteiger partial charge < -0.3 is 10.5 Å². The Bertz CT molecular complexity index is 393. The van der Waals surface area contributed by atoms with Gasteiger partial charge in [-0.25, -0.2) is 0 Å². The van der Waals surface area contributed by atoms with Crippen LogP contribution in [-0.4, -0.2) is 19.9 Å². The molecule has 0 heterocycles. The van der Waals surface area contributed by atoms with Crippen LogP contribution in [0.2, 0.25) is 0 Å². The van der Waals surface area contributed by atoms with Gasteiger partial charge in [0.25, 0.3) is 0 Å². The van der Waals surface area contributed by atoms with Gasteiger partial charge in [-0.05, 0) is 30.9 Å². The van der Waals surface area contributed by atoms with Crippen LogP contribution >= 0.6 is 24.4 Å². The molecule has 0 fully saturated rings. The third-order valence-electron chi connectivity index (χ3n) is 2.93. The first-order valence-corrected chi connectivity index (χ1v) is 6.56. The molecule has 1 unspecified atom stereocenters. The minimum absolute atomic E-state index is 0.467. The molecule has 0 saturated heterocycles. The molecule has 1 atom stereocenters. The summed E-state index contributed by atoms with van der Waals surface area (Å²) in [6, 6.07) is 2.00. The highest BCUT2D eigenvalue weighted by Crippen LogP contribution is 2.48. The lowest BCUT2D eigenvalue weighted by atomic mass is 9.77. The number of fused-ring (bicyclic) bond motifs is 1. The van der Waals surface area contributed by atoms with Gasteiger partial charge in [-0.1, -0.05) is 0 Å². The highest BCUT2D eigenvalue weighted by atomic mass is 32.2. The SMILES string of the molecule is COc1cc(S)c(SC)c2c1C(CN)C2. The number of nitrogens with two attached hydrogens (primary N) is 1. The molecule has 0 spiro atoms. The van der Waals surface area contributed by atoms with Gasteiger partial charge in [0.05, 0.1) is 7.11 Å². The molecular weight excluding hydrogens is 226 g/mol. The Labute approximate surface area is 100.0 Å². The van der Waals surface area contributed by atoms with E-state index in [0.29, 0.717) is 12.5 Å². The van der Waals surface area contributed by atoms with E-state index in [0.717, 1.165) is 17.1 Å². The average Bonchev–Trinajstić information content (AvgIpc) is 2.20. The fourth-order valence-electron chi connectivity index (χ4n) is 2.16. The normalized spacial score (nSPS) is 18.3. The van der Waals surface area contributed by atoms with E-state index in [1.54, 1.807) is 18.9 Å². The fourth-order valence-corrected chi connectivity index (χ4v) is 3.39. The van der Waals surface area contributed by atoms with Gasteiger partial charge in [0.15, 0.2) is 0 Å². The summed E-state index contributed by atoms with van der Waals surface area (Å²) in [5.74, 6) is 1.41. The zero-order chi connectivity index (χ0) is 11.0. The van der Waals surface area contributed by atoms with Crippen LogP contribution in [-0.2, 0) is 6.42 Å². The van der Waals surface area contributed by atoms with Gasteiger partial charge in [0, 0.05) is 21.3 Å². The van der Waals surface area contributed by atoms with E-state index < -0.39 is 0 Å². The summed E-state index contributed by atoms with van der Waals surface area (Å²) in [7, 11) is 1.70. The van der Waals surface area contributed by atoms with Crippen LogP contribution in [0.1, 0.15) is 17.0 Å². The molecule has 0 radical (unpaired) electrons. The monoisotopic (exact) mass is 241 g/mol. The molecule has 1 aromatic rings. The van der Waals surface area contributed by atoms with Crippen molar-refractivity contribution in [2.24, 2.45) is 5.73 Å². The first kappa shape index (κ1) is 11.2. The second kappa shape index (κ2) is 4.28. The molecule has 0 aromatic heterocycles. The zero-order valence-electron chi connectivity index (χ0n) is 8.91. The van der Waals surface area contributed by atoms with Crippen LogP contribution in [0.4, 0.5) is 0 Å². The molecule has 0 saturated carbocycles. The van der Waals surface area contributed by atoms with Gasteiger partial charge in [-0.2, -0.15) is 0 Å². The summed E-state index contributed by atoms with van der Waals surface area (Å²) >= 11 is 6.23. The summed E-state index contributed by atoms with van der Waals surface area (Å²) in [5.41, 5.74) is 8.39. The van der Waals surface area contributed by atoms with E-state index in [9.17, 15) is 0 Å². The molecule has 0 amide bonds. The molecule has 0 bridgehead atoms. The molecule has 2 nitrogen and oxygen atoms in total. The lowest BCUT2D eigenvalue weighted by Crippen LogP contribution is -2.26. The smallest absolute Gasteiger partial charge is 0.123 e. The van der Waals surface area contributed by atoms with Crippen molar-refractivity contribution in [2.45, 2.75) is 22.1 Å². The van der Waals surface area contributed by atoms with E-state index in [2.05, 4.69) is 18.9 Å². The maximum absolute atomic E-state index is 5.72. The standard InChI is InChI=1S/C11H15NOS2/c1-13-8-4-9(14)11(15-2)7-3-6(5-12)10(7)8/h4,6,14H,3,5,12H2,1-2H3. The van der Waals surface area contributed by atoms with E-state index >= 15 is 0 Å². The third kappa shape index (κ3) is 1.65. The number of ether oxygens (including phenoxy) is 1. The fraction of sp³-hybridized carbons (Fsp3) is 0.455. The predicted molar refractivity (Wildman–Crippen MR) is 67.5 cm³/mol. The molecule has 0 aliphatic heterocycles. The number of methoxy groups -OCH3 is 1. The molecule has 1 aliphatic rings. The Morgan fingerprint density at radius 2 is 2.40 bits per heavy atom. The van der Waals surface area contributed by atoms with Crippen molar-refractivity contribution in [3.05, 3.63) is 17.2 Å². The van der Waals surface area contributed by atoms with Gasteiger partial charge in [-0.3, -0.25) is 0 Å². The Hall–Kier alpha value is -0.320. The van der Waals surface area contributed by atoms with Gasteiger partial charge in [0.2, 0.25) is 0 Å². The largest absolute Gasteiger partial charge is 0.496 e. The molecule has 82 valence electrons. The van der Waals surface area contributed by atoms with Gasteiger partial charge in [-0.15, -0.1) is 24.4 Å². The second-order valence-corrected chi connectivity index (χ2v) is 4.96. The Kier molecular flexibility index (Phi) is 3.19. The number of rotatable bonds is 3. The van der Waals surface area contributed by atoms with Crippen molar-refractivity contribution in [3.63, 3.8) is 0 Å². The van der Waals surface area contributed by atoms with Crippen molar-refractivity contribution < 1.29 is 4.74 Å². The summed E-state index contributed by atoms with van der Waals surface area (Å²) < 4.78 is 5.38. The summed E-state index contributed by atoms with van der Waals surface area (Å²) in [5, 5.41) is 0. The zero-order valence-corrected chi connectivity index (χ0v) is 10.6. The number of hydrogen-bond donors (Lipinski definition) is 2. The van der Waals surface area contributed by atoms with E-state index in [1.165, 1.54) is 16.0 Å². The average molecular weight is 241 g/mol. The van der Waals surface area contributed by atoms with Crippen molar-refractivity contribution in [2.75, 3.05) is 19.9 Å². The summed E-state index contributed by atoms with van der Waals surface area (Å²) in [6.45, 7) is 0.698. The maximum atomic E-state index is 5.72. The van der Waals surface area contributed by atoms with Crippen LogP contribution in [0.3, 0.4) is 0 Å². The minimum Gasteiger partial charge on any atom is -0.496 e. The van der Waals surface area contributed by atoms with Crippen LogP contribution in [0.15, 0.2) is 15.9 Å². The van der Waals surface area contributed by atoms with Crippen LogP contribution in [0, 0.1) is 0 Å². The second-order valence-electron chi connectivity index (χ2n) is 3.66. The highest BCUT2D eigenvalue weighted by molar-refractivity contribution is 7.99. The van der Waals surface area contributed by atoms with E-state index in [-0.39, 0.29) is 0 Å². The highest BCUT2D eigenvalue weighted by Gasteiger charge is 2.32. The number of thiol groups is 1. The summed E-state index contributed by atoms with van der Waals surface area (Å²) in [4.78, 5) is 2.28. The molecule has 1 aromatic carbocycles. The Morgan fingerprint density at radius 1 is 1.67 bits per heavy atom. The Balaban J connectivity index is 2.54. The van der Waals surface area contributed by atoms with Crippen LogP contribution < -0.4 is 10.5 Å². The first-order chi connectivity index (χ1) is 7.22. The number of thioether (sulfide) groups is 1. The van der Waals surface area contributed by atoms with Crippen molar-refractivity contribution >= 4 is 24.4 Å². The molecule has 4 heteroatoms. The van der Waals surface area contributed by atoms with Crippen molar-refractivity contribution in [1.82, 2.24) is 0 Å². The number of benzene rings is 1. The van der Waals surface area contributed by atoms with Crippen molar-refractivity contribution in [3.8, 4) is 5.75 Å². The lowest BCUT2D eigenvalue weighted by molar-refractivity contribution is 0.394. The van der Waals surface area contributed by atoms with Crippen LogP contribution in [0.5, 0.6) is 5.75 Å². The third-order valence-corrected chi connectivity index (χ3v) is 4.31. The molecule has 2 N–H and O–H groups in total. The van der Waals surface area contributed by atoms with Crippen molar-refractivity contribution in [1.29, 1.82) is 0 Å². The van der Waals surface area contributed by atoms with Gasteiger partial charge in [0.1, 0.15) is 5.75 Å². The quantitative estimate of drug-likeness (QED) is 0.629. The topological polar surface area (TPSA) is 35.2 Å². The first-order valence-electron chi connectivity index (χ1n) is 4.89. The molecule has 1 aliphatic carbocycles. The van der Waals surface area contributed by atoms with Gasteiger partial charge >= 0.3 is 0 Å². The van der Waals surface area contributed by atoms with E-state index in [1.807, 2.05) is 6.07 Å². The molecular formula is C11H15NOS2. The lowest BCUT2D eigenvalue weighted by Gasteiger charge is -2.33.